The quantitative estimate of drug-likeness (QED) is 0.728. The van der Waals surface area contributed by atoms with E-state index in [-0.39, 0.29) is 21.7 Å². The molecule has 0 aliphatic rings. The van der Waals surface area contributed by atoms with Gasteiger partial charge >= 0.3 is 0 Å². The molecule has 1 amide bonds. The maximum atomic E-state index is 13.7. The summed E-state index contributed by atoms with van der Waals surface area (Å²) in [4.78, 5) is 10.6. The van der Waals surface area contributed by atoms with Gasteiger partial charge in [0.25, 0.3) is 0 Å². The van der Waals surface area contributed by atoms with Gasteiger partial charge in [-0.3, -0.25) is 4.79 Å². The van der Waals surface area contributed by atoms with Gasteiger partial charge in [0.15, 0.2) is 5.82 Å². The number of halogens is 2. The third kappa shape index (κ3) is 2.89. The fourth-order valence-corrected chi connectivity index (χ4v) is 1.92. The Balaban J connectivity index is 3.02. The molecule has 4 nitrogen and oxygen atoms in total. The highest BCUT2D eigenvalue weighted by atomic mass is 79.9. The van der Waals surface area contributed by atoms with Crippen LogP contribution in [-0.4, -0.2) is 17.4 Å². The van der Waals surface area contributed by atoms with E-state index >= 15 is 0 Å². The first-order chi connectivity index (χ1) is 7.43. The van der Waals surface area contributed by atoms with Crippen LogP contribution in [0.25, 0.3) is 0 Å². The zero-order chi connectivity index (χ0) is 12.3. The molecule has 5 N–H and O–H groups in total. The minimum atomic E-state index is -0.575. The molecule has 0 bridgehead atoms. The van der Waals surface area contributed by atoms with Gasteiger partial charge in [-0.1, -0.05) is 12.2 Å². The van der Waals surface area contributed by atoms with Gasteiger partial charge < -0.3 is 16.8 Å². The number of carbonyl (C=O) groups is 1. The summed E-state index contributed by atoms with van der Waals surface area (Å²) in [7, 11) is 0. The zero-order valence-corrected chi connectivity index (χ0v) is 10.5. The monoisotopic (exact) mass is 305 g/mol. The van der Waals surface area contributed by atoms with Gasteiger partial charge in [0.1, 0.15) is 4.99 Å². The Kier molecular flexibility index (Phi) is 4.19. The predicted molar refractivity (Wildman–Crippen MR) is 67.7 cm³/mol. The van der Waals surface area contributed by atoms with Crippen LogP contribution in [0.1, 0.15) is 5.56 Å². The molecule has 1 aromatic carbocycles. The van der Waals surface area contributed by atoms with Crippen molar-refractivity contribution in [2.75, 3.05) is 11.9 Å². The molecule has 7 heteroatoms. The number of rotatable bonds is 4. The number of hydrogen-bond donors (Lipinski definition) is 3. The smallest absolute Gasteiger partial charge is 0.236 e. The first-order valence-electron chi connectivity index (χ1n) is 4.23. The lowest BCUT2D eigenvalue weighted by Crippen LogP contribution is -2.22. The number of hydrogen-bond acceptors (Lipinski definition) is 3. The van der Waals surface area contributed by atoms with E-state index < -0.39 is 11.7 Å². The molecule has 0 aromatic heterocycles. The van der Waals surface area contributed by atoms with Crippen LogP contribution in [0, 0.1) is 5.82 Å². The van der Waals surface area contributed by atoms with Crippen molar-refractivity contribution in [3.8, 4) is 0 Å². The molecular formula is C9H9BrFN3OS. The van der Waals surface area contributed by atoms with E-state index in [1.165, 1.54) is 6.07 Å². The van der Waals surface area contributed by atoms with Crippen LogP contribution in [0.3, 0.4) is 0 Å². The topological polar surface area (TPSA) is 81.1 Å². The largest absolute Gasteiger partial charge is 0.389 e. The maximum Gasteiger partial charge on any atom is 0.236 e. The first kappa shape index (κ1) is 12.9. The van der Waals surface area contributed by atoms with Crippen molar-refractivity contribution in [3.05, 3.63) is 28.0 Å². The second-order valence-corrected chi connectivity index (χ2v) is 4.21. The number of benzene rings is 1. The molecule has 0 saturated carbocycles. The lowest BCUT2D eigenvalue weighted by Gasteiger charge is -2.09. The first-order valence-corrected chi connectivity index (χ1v) is 5.43. The van der Waals surface area contributed by atoms with E-state index in [2.05, 4.69) is 21.2 Å². The second-order valence-electron chi connectivity index (χ2n) is 2.97. The summed E-state index contributed by atoms with van der Waals surface area (Å²) in [5.74, 6) is -1.14. The minimum absolute atomic E-state index is 0.0900. The Morgan fingerprint density at radius 2 is 2.12 bits per heavy atom. The van der Waals surface area contributed by atoms with Crippen LogP contribution < -0.4 is 16.8 Å². The summed E-state index contributed by atoms with van der Waals surface area (Å²) in [5, 5.41) is 2.56. The molecular weight excluding hydrogens is 297 g/mol. The fraction of sp³-hybridized carbons (Fsp3) is 0.111. The average molecular weight is 306 g/mol. The van der Waals surface area contributed by atoms with Crippen LogP contribution in [0.15, 0.2) is 16.6 Å². The number of primary amides is 1. The number of nitrogens with one attached hydrogen (secondary N) is 1. The summed E-state index contributed by atoms with van der Waals surface area (Å²) >= 11 is 7.79. The van der Waals surface area contributed by atoms with Crippen molar-refractivity contribution in [3.63, 3.8) is 0 Å². The van der Waals surface area contributed by atoms with Crippen LogP contribution in [0.5, 0.6) is 0 Å². The normalized spacial score (nSPS) is 9.88. The molecule has 0 unspecified atom stereocenters. The summed E-state index contributed by atoms with van der Waals surface area (Å²) in [6.45, 7) is -0.143. The molecule has 0 aliphatic carbocycles. The Hall–Kier alpha value is -1.21. The van der Waals surface area contributed by atoms with E-state index in [1.54, 1.807) is 6.07 Å². The Morgan fingerprint density at radius 3 is 2.62 bits per heavy atom. The van der Waals surface area contributed by atoms with Gasteiger partial charge in [0.2, 0.25) is 5.91 Å². The minimum Gasteiger partial charge on any atom is -0.389 e. The zero-order valence-electron chi connectivity index (χ0n) is 8.09. The van der Waals surface area contributed by atoms with Crippen molar-refractivity contribution in [1.29, 1.82) is 0 Å². The highest BCUT2D eigenvalue weighted by molar-refractivity contribution is 9.10. The van der Waals surface area contributed by atoms with Crippen molar-refractivity contribution in [1.82, 2.24) is 0 Å². The highest BCUT2D eigenvalue weighted by Crippen LogP contribution is 2.26. The van der Waals surface area contributed by atoms with E-state index in [1.807, 2.05) is 0 Å². The maximum absolute atomic E-state index is 13.7. The molecule has 1 rings (SSSR count). The van der Waals surface area contributed by atoms with Crippen LogP contribution in [0.4, 0.5) is 10.1 Å². The fourth-order valence-electron chi connectivity index (χ4n) is 1.06. The van der Waals surface area contributed by atoms with Crippen LogP contribution in [-0.2, 0) is 4.79 Å². The molecule has 86 valence electrons. The number of amides is 1. The van der Waals surface area contributed by atoms with Crippen molar-refractivity contribution in [2.45, 2.75) is 0 Å². The molecule has 0 radical (unpaired) electrons. The number of anilines is 1. The molecule has 0 fully saturated rings. The lowest BCUT2D eigenvalue weighted by molar-refractivity contribution is -0.116. The molecule has 0 spiro atoms. The SMILES string of the molecule is NC(=O)CNc1ccc(C(N)=S)c(Br)c1F. The second kappa shape index (κ2) is 5.22. The standard InChI is InChI=1S/C9H9BrFN3OS/c10-7-4(9(13)16)1-2-5(8(7)11)14-3-6(12)15/h1-2,14H,3H2,(H2,12,15)(H2,13,16). The van der Waals surface area contributed by atoms with Crippen LogP contribution in [0.2, 0.25) is 0 Å². The van der Waals surface area contributed by atoms with Crippen molar-refractivity contribution in [2.24, 2.45) is 11.5 Å². The van der Waals surface area contributed by atoms with E-state index in [0.717, 1.165) is 0 Å². The third-order valence-corrected chi connectivity index (χ3v) is 2.80. The lowest BCUT2D eigenvalue weighted by atomic mass is 10.2. The predicted octanol–water partition coefficient (Wildman–Crippen LogP) is 1.12. The van der Waals surface area contributed by atoms with Gasteiger partial charge in [0.05, 0.1) is 16.7 Å². The Labute approximate surface area is 105 Å². The van der Waals surface area contributed by atoms with E-state index in [4.69, 9.17) is 23.7 Å². The Morgan fingerprint density at radius 1 is 1.50 bits per heavy atom. The molecule has 1 aromatic rings. The number of carbonyl (C=O) groups excluding carboxylic acids is 1. The van der Waals surface area contributed by atoms with Gasteiger partial charge in [-0.25, -0.2) is 4.39 Å². The molecule has 0 aliphatic heterocycles. The molecule has 0 atom stereocenters. The van der Waals surface area contributed by atoms with Crippen molar-refractivity contribution >= 4 is 44.7 Å². The van der Waals surface area contributed by atoms with Crippen LogP contribution >= 0.6 is 28.1 Å². The van der Waals surface area contributed by atoms with Crippen molar-refractivity contribution < 1.29 is 9.18 Å². The summed E-state index contributed by atoms with van der Waals surface area (Å²) in [6, 6.07) is 3.00. The van der Waals surface area contributed by atoms with E-state index in [0.29, 0.717) is 5.56 Å². The molecule has 0 heterocycles. The average Bonchev–Trinajstić information content (AvgIpc) is 2.19. The molecule has 0 saturated heterocycles. The Bertz CT molecular complexity index is 453. The third-order valence-electron chi connectivity index (χ3n) is 1.80. The molecule has 16 heavy (non-hydrogen) atoms. The number of thiocarbonyl (C=S) groups is 1. The highest BCUT2D eigenvalue weighted by Gasteiger charge is 2.12. The van der Waals surface area contributed by atoms with Gasteiger partial charge in [-0.2, -0.15) is 0 Å². The van der Waals surface area contributed by atoms with Gasteiger partial charge in [-0.05, 0) is 28.1 Å². The van der Waals surface area contributed by atoms with Gasteiger partial charge in [0, 0.05) is 5.56 Å². The summed E-state index contributed by atoms with van der Waals surface area (Å²) in [6.07, 6.45) is 0. The van der Waals surface area contributed by atoms with Gasteiger partial charge in [-0.15, -0.1) is 0 Å². The summed E-state index contributed by atoms with van der Waals surface area (Å²) in [5.41, 5.74) is 10.9. The summed E-state index contributed by atoms with van der Waals surface area (Å²) < 4.78 is 13.9. The van der Waals surface area contributed by atoms with E-state index in [9.17, 15) is 9.18 Å². The number of nitrogens with two attached hydrogens (primary N) is 2.